The van der Waals surface area contributed by atoms with Gasteiger partial charge in [0, 0.05) is 23.1 Å². The number of aromatic hydroxyl groups is 1. The SMILES string of the molecule is CC(C)(C)NC(=O)CCN(/N=C/c1ccccc1O)C1=NS(=O)(=O)c2ccccc21. The lowest BCUT2D eigenvalue weighted by Gasteiger charge is -2.22. The Kier molecular flexibility index (Phi) is 5.93. The number of hydrogen-bond donors (Lipinski definition) is 2. The van der Waals surface area contributed by atoms with Crippen LogP contribution in [-0.4, -0.2) is 48.6 Å². The zero-order chi connectivity index (χ0) is 21.9. The van der Waals surface area contributed by atoms with Crippen molar-refractivity contribution in [1.82, 2.24) is 10.3 Å². The van der Waals surface area contributed by atoms with E-state index in [2.05, 4.69) is 14.8 Å². The maximum Gasteiger partial charge on any atom is 0.285 e. The van der Waals surface area contributed by atoms with Gasteiger partial charge >= 0.3 is 0 Å². The minimum absolute atomic E-state index is 0.0352. The van der Waals surface area contributed by atoms with Gasteiger partial charge in [-0.15, -0.1) is 4.40 Å². The Hall–Kier alpha value is -3.20. The first-order valence-corrected chi connectivity index (χ1v) is 10.9. The number of fused-ring (bicyclic) bond motifs is 1. The minimum atomic E-state index is -3.84. The summed E-state index contributed by atoms with van der Waals surface area (Å²) in [5.74, 6) is -0.0196. The Bertz CT molecular complexity index is 1120. The minimum Gasteiger partial charge on any atom is -0.507 e. The number of nitrogens with one attached hydrogen (secondary N) is 1. The van der Waals surface area contributed by atoms with Crippen molar-refractivity contribution < 1.29 is 18.3 Å². The molecule has 9 heteroatoms. The number of nitrogens with zero attached hydrogens (tertiary/aromatic N) is 3. The molecule has 1 aliphatic rings. The molecule has 0 atom stereocenters. The molecule has 2 N–H and O–H groups in total. The van der Waals surface area contributed by atoms with E-state index in [0.29, 0.717) is 11.1 Å². The molecule has 1 heterocycles. The van der Waals surface area contributed by atoms with Crippen molar-refractivity contribution in [2.75, 3.05) is 6.54 Å². The van der Waals surface area contributed by atoms with E-state index in [1.165, 1.54) is 23.4 Å². The predicted octanol–water partition coefficient (Wildman–Crippen LogP) is 2.48. The number of para-hydroxylation sites is 1. The number of amidine groups is 1. The standard InChI is InChI=1S/C21H24N4O4S/c1-21(2,3)23-19(27)12-13-25(22-14-15-8-4-6-10-17(15)26)20-16-9-5-7-11-18(16)30(28,29)24-20/h4-11,14,26H,12-13H2,1-3H3,(H,23,27)/b22-14+. The first-order valence-electron chi connectivity index (χ1n) is 9.42. The van der Waals surface area contributed by atoms with Gasteiger partial charge in [0.2, 0.25) is 5.91 Å². The second-order valence-corrected chi connectivity index (χ2v) is 9.43. The number of amides is 1. The highest BCUT2D eigenvalue weighted by Gasteiger charge is 2.32. The third-order valence-corrected chi connectivity index (χ3v) is 5.52. The van der Waals surface area contributed by atoms with Crippen LogP contribution >= 0.6 is 0 Å². The molecule has 2 aromatic rings. The lowest BCUT2D eigenvalue weighted by molar-refractivity contribution is -0.122. The van der Waals surface area contributed by atoms with Crippen LogP contribution in [0.1, 0.15) is 38.3 Å². The number of phenols is 1. The molecule has 0 aliphatic carbocycles. The summed E-state index contributed by atoms with van der Waals surface area (Å²) < 4.78 is 28.8. The number of phenolic OH excluding ortho intramolecular Hbond substituents is 1. The lowest BCUT2D eigenvalue weighted by Crippen LogP contribution is -2.42. The van der Waals surface area contributed by atoms with Gasteiger partial charge in [-0.05, 0) is 45.0 Å². The zero-order valence-corrected chi connectivity index (χ0v) is 17.8. The van der Waals surface area contributed by atoms with Crippen molar-refractivity contribution in [3.05, 3.63) is 59.7 Å². The predicted molar refractivity (Wildman–Crippen MR) is 115 cm³/mol. The number of hydrazone groups is 1. The van der Waals surface area contributed by atoms with Crippen molar-refractivity contribution in [3.63, 3.8) is 0 Å². The van der Waals surface area contributed by atoms with E-state index in [4.69, 9.17) is 0 Å². The van der Waals surface area contributed by atoms with Gasteiger partial charge in [-0.25, -0.2) is 5.01 Å². The molecule has 3 rings (SSSR count). The fraction of sp³-hybridized carbons (Fsp3) is 0.286. The number of benzene rings is 2. The molecule has 158 valence electrons. The zero-order valence-electron chi connectivity index (χ0n) is 17.0. The molecule has 0 fully saturated rings. The maximum atomic E-state index is 12.4. The third kappa shape index (κ3) is 5.04. The molecule has 30 heavy (non-hydrogen) atoms. The maximum absolute atomic E-state index is 12.4. The second kappa shape index (κ2) is 8.27. The number of carbonyl (C=O) groups is 1. The fourth-order valence-corrected chi connectivity index (χ4v) is 4.12. The van der Waals surface area contributed by atoms with Crippen molar-refractivity contribution in [3.8, 4) is 5.75 Å². The van der Waals surface area contributed by atoms with Crippen LogP contribution in [0.25, 0.3) is 0 Å². The van der Waals surface area contributed by atoms with E-state index in [1.807, 2.05) is 20.8 Å². The van der Waals surface area contributed by atoms with Crippen LogP contribution in [0.2, 0.25) is 0 Å². The largest absolute Gasteiger partial charge is 0.507 e. The third-order valence-electron chi connectivity index (χ3n) is 4.20. The Morgan fingerprint density at radius 3 is 2.53 bits per heavy atom. The molecule has 0 spiro atoms. The van der Waals surface area contributed by atoms with E-state index in [1.54, 1.807) is 36.4 Å². The molecule has 0 saturated heterocycles. The molecule has 2 aromatic carbocycles. The van der Waals surface area contributed by atoms with Crippen LogP contribution in [-0.2, 0) is 14.8 Å². The number of carbonyl (C=O) groups excluding carboxylic acids is 1. The fourth-order valence-electron chi connectivity index (χ4n) is 2.91. The highest BCUT2D eigenvalue weighted by Crippen LogP contribution is 2.27. The number of sulfonamides is 1. The summed E-state index contributed by atoms with van der Waals surface area (Å²) in [6, 6.07) is 13.1. The summed E-state index contributed by atoms with van der Waals surface area (Å²) in [7, 11) is -3.84. The summed E-state index contributed by atoms with van der Waals surface area (Å²) >= 11 is 0. The molecule has 0 radical (unpaired) electrons. The molecule has 8 nitrogen and oxygen atoms in total. The summed E-state index contributed by atoms with van der Waals surface area (Å²) in [6.07, 6.45) is 1.49. The normalized spacial score (nSPS) is 15.0. The van der Waals surface area contributed by atoms with Gasteiger partial charge in [0.1, 0.15) is 10.6 Å². The van der Waals surface area contributed by atoms with Gasteiger partial charge in [-0.1, -0.05) is 24.3 Å². The Morgan fingerprint density at radius 1 is 1.17 bits per heavy atom. The van der Waals surface area contributed by atoms with E-state index < -0.39 is 10.0 Å². The molecule has 0 saturated carbocycles. The summed E-state index contributed by atoms with van der Waals surface area (Å²) in [5, 5.41) is 18.6. The topological polar surface area (TPSA) is 111 Å². The van der Waals surface area contributed by atoms with Gasteiger partial charge in [-0.2, -0.15) is 13.5 Å². The van der Waals surface area contributed by atoms with Gasteiger partial charge in [0.15, 0.2) is 5.84 Å². The Balaban J connectivity index is 1.92. The molecular formula is C21H24N4O4S. The van der Waals surface area contributed by atoms with Crippen LogP contribution in [0.4, 0.5) is 0 Å². The van der Waals surface area contributed by atoms with Crippen LogP contribution in [0.15, 0.2) is 62.9 Å². The monoisotopic (exact) mass is 428 g/mol. The number of hydrogen-bond acceptors (Lipinski definition) is 6. The second-order valence-electron chi connectivity index (χ2n) is 7.86. The lowest BCUT2D eigenvalue weighted by atomic mass is 10.1. The summed E-state index contributed by atoms with van der Waals surface area (Å²) in [4.78, 5) is 12.4. The molecule has 0 unspecified atom stereocenters. The van der Waals surface area contributed by atoms with Gasteiger partial charge in [0.25, 0.3) is 10.0 Å². The number of rotatable bonds is 5. The van der Waals surface area contributed by atoms with E-state index in [0.717, 1.165) is 0 Å². The molecule has 1 aliphatic heterocycles. The molecule has 0 aromatic heterocycles. The van der Waals surface area contributed by atoms with E-state index >= 15 is 0 Å². The molecular weight excluding hydrogens is 404 g/mol. The molecule has 0 bridgehead atoms. The first kappa shape index (κ1) is 21.5. The van der Waals surface area contributed by atoms with Crippen molar-refractivity contribution in [2.24, 2.45) is 9.50 Å². The average Bonchev–Trinajstić information content (AvgIpc) is 2.93. The summed E-state index contributed by atoms with van der Waals surface area (Å²) in [6.45, 7) is 5.74. The van der Waals surface area contributed by atoms with E-state index in [-0.39, 0.29) is 40.9 Å². The molecule has 1 amide bonds. The Labute approximate surface area is 176 Å². The summed E-state index contributed by atoms with van der Waals surface area (Å²) in [5.41, 5.74) is 0.488. The van der Waals surface area contributed by atoms with E-state index in [9.17, 15) is 18.3 Å². The van der Waals surface area contributed by atoms with Crippen molar-refractivity contribution in [1.29, 1.82) is 0 Å². The highest BCUT2D eigenvalue weighted by atomic mass is 32.2. The van der Waals surface area contributed by atoms with Crippen LogP contribution in [0.5, 0.6) is 5.75 Å². The smallest absolute Gasteiger partial charge is 0.285 e. The first-order chi connectivity index (χ1) is 14.1. The van der Waals surface area contributed by atoms with Gasteiger partial charge in [0.05, 0.1) is 12.8 Å². The Morgan fingerprint density at radius 2 is 1.83 bits per heavy atom. The van der Waals surface area contributed by atoms with Crippen LogP contribution in [0.3, 0.4) is 0 Å². The van der Waals surface area contributed by atoms with Crippen molar-refractivity contribution >= 4 is 28.0 Å². The van der Waals surface area contributed by atoms with Crippen molar-refractivity contribution in [2.45, 2.75) is 37.6 Å². The van der Waals surface area contributed by atoms with Gasteiger partial charge < -0.3 is 10.4 Å². The van der Waals surface area contributed by atoms with Crippen LogP contribution < -0.4 is 5.32 Å². The van der Waals surface area contributed by atoms with Gasteiger partial charge in [-0.3, -0.25) is 4.79 Å². The average molecular weight is 429 g/mol. The van der Waals surface area contributed by atoms with Crippen LogP contribution in [0, 0.1) is 0 Å². The quantitative estimate of drug-likeness (QED) is 0.561. The highest BCUT2D eigenvalue weighted by molar-refractivity contribution is 7.90.